The van der Waals surface area contributed by atoms with Crippen LogP contribution in [-0.2, 0) is 0 Å². The largest absolute Gasteiger partial charge is 0.493 e. The van der Waals surface area contributed by atoms with Gasteiger partial charge in [0.05, 0.1) is 6.61 Å². The first-order valence-electron chi connectivity index (χ1n) is 5.64. The number of aryl methyl sites for hydroxylation is 1. The maximum Gasteiger partial charge on any atom is 0.119 e. The van der Waals surface area contributed by atoms with Crippen LogP contribution in [0.15, 0.2) is 24.3 Å². The molecule has 0 heterocycles. The molecule has 82 valence electrons. The van der Waals surface area contributed by atoms with Gasteiger partial charge in [-0.2, -0.15) is 0 Å². The fourth-order valence-electron chi connectivity index (χ4n) is 1.89. The Morgan fingerprint density at radius 1 is 1.40 bits per heavy atom. The van der Waals surface area contributed by atoms with Gasteiger partial charge in [-0.3, -0.25) is 0 Å². The van der Waals surface area contributed by atoms with Crippen molar-refractivity contribution in [3.8, 4) is 5.75 Å². The van der Waals surface area contributed by atoms with Crippen LogP contribution >= 0.6 is 0 Å². The third kappa shape index (κ3) is 2.72. The van der Waals surface area contributed by atoms with Gasteiger partial charge in [0.15, 0.2) is 0 Å². The summed E-state index contributed by atoms with van der Waals surface area (Å²) in [7, 11) is 0. The molecule has 2 nitrogen and oxygen atoms in total. The first-order valence-corrected chi connectivity index (χ1v) is 5.64. The zero-order valence-electron chi connectivity index (χ0n) is 9.33. The molecule has 2 N–H and O–H groups in total. The van der Waals surface area contributed by atoms with Crippen molar-refractivity contribution in [1.82, 2.24) is 0 Å². The molecule has 0 saturated heterocycles. The van der Waals surface area contributed by atoms with Crippen LogP contribution in [0.1, 0.15) is 24.8 Å². The molecule has 1 aliphatic carbocycles. The highest BCUT2D eigenvalue weighted by molar-refractivity contribution is 5.27. The van der Waals surface area contributed by atoms with Gasteiger partial charge in [-0.25, -0.2) is 0 Å². The van der Waals surface area contributed by atoms with Crippen molar-refractivity contribution < 1.29 is 4.74 Å². The Balaban J connectivity index is 1.88. The van der Waals surface area contributed by atoms with Crippen LogP contribution in [0.3, 0.4) is 0 Å². The van der Waals surface area contributed by atoms with Crippen molar-refractivity contribution in [1.29, 1.82) is 0 Å². The van der Waals surface area contributed by atoms with Crippen LogP contribution in [-0.4, -0.2) is 13.2 Å². The molecule has 0 radical (unpaired) electrons. The van der Waals surface area contributed by atoms with E-state index < -0.39 is 0 Å². The van der Waals surface area contributed by atoms with Crippen molar-refractivity contribution in [3.05, 3.63) is 29.8 Å². The van der Waals surface area contributed by atoms with Crippen LogP contribution in [0.25, 0.3) is 0 Å². The van der Waals surface area contributed by atoms with Gasteiger partial charge in [0.2, 0.25) is 0 Å². The Bertz CT molecular complexity index is 331. The normalized spacial score (nSPS) is 17.5. The van der Waals surface area contributed by atoms with E-state index >= 15 is 0 Å². The standard InChI is InChI=1S/C13H19NO/c1-11-3-2-4-12(9-11)15-10-13(5-6-13)7-8-14/h2-4,9H,5-8,10,14H2,1H3. The van der Waals surface area contributed by atoms with E-state index in [0.717, 1.165) is 25.3 Å². The maximum absolute atomic E-state index is 5.81. The van der Waals surface area contributed by atoms with Gasteiger partial charge in [-0.1, -0.05) is 12.1 Å². The highest BCUT2D eigenvalue weighted by Crippen LogP contribution is 2.48. The first-order chi connectivity index (χ1) is 7.24. The summed E-state index contributed by atoms with van der Waals surface area (Å²) in [5, 5.41) is 0. The van der Waals surface area contributed by atoms with E-state index in [1.165, 1.54) is 18.4 Å². The van der Waals surface area contributed by atoms with Crippen LogP contribution in [0, 0.1) is 12.3 Å². The minimum Gasteiger partial charge on any atom is -0.493 e. The fraction of sp³-hybridized carbons (Fsp3) is 0.538. The quantitative estimate of drug-likeness (QED) is 0.801. The SMILES string of the molecule is Cc1cccc(OCC2(CCN)CC2)c1. The third-order valence-electron chi connectivity index (χ3n) is 3.17. The molecule has 0 aliphatic heterocycles. The van der Waals surface area contributed by atoms with Crippen molar-refractivity contribution in [2.24, 2.45) is 11.1 Å². The molecular weight excluding hydrogens is 186 g/mol. The summed E-state index contributed by atoms with van der Waals surface area (Å²) in [4.78, 5) is 0. The van der Waals surface area contributed by atoms with E-state index in [4.69, 9.17) is 10.5 Å². The van der Waals surface area contributed by atoms with Gasteiger partial charge < -0.3 is 10.5 Å². The maximum atomic E-state index is 5.81. The Kier molecular flexibility index (Phi) is 2.96. The Hall–Kier alpha value is -1.02. The summed E-state index contributed by atoms with van der Waals surface area (Å²) < 4.78 is 5.81. The summed E-state index contributed by atoms with van der Waals surface area (Å²) in [5.74, 6) is 0.985. The predicted octanol–water partition coefficient (Wildman–Crippen LogP) is 2.50. The molecule has 1 saturated carbocycles. The topological polar surface area (TPSA) is 35.2 Å². The van der Waals surface area contributed by atoms with E-state index in [1.54, 1.807) is 0 Å². The molecule has 0 aromatic heterocycles. The summed E-state index contributed by atoms with van der Waals surface area (Å²) in [6.45, 7) is 3.68. The number of ether oxygens (including phenoxy) is 1. The molecule has 1 aromatic rings. The van der Waals surface area contributed by atoms with Crippen molar-refractivity contribution in [2.45, 2.75) is 26.2 Å². The summed E-state index contributed by atoms with van der Waals surface area (Å²) in [5.41, 5.74) is 7.24. The van der Waals surface area contributed by atoms with E-state index in [9.17, 15) is 0 Å². The lowest BCUT2D eigenvalue weighted by atomic mass is 10.0. The second kappa shape index (κ2) is 4.23. The second-order valence-corrected chi connectivity index (χ2v) is 4.64. The van der Waals surface area contributed by atoms with Gasteiger partial charge in [-0.15, -0.1) is 0 Å². The second-order valence-electron chi connectivity index (χ2n) is 4.64. The van der Waals surface area contributed by atoms with Crippen LogP contribution < -0.4 is 10.5 Å². The zero-order chi connectivity index (χ0) is 10.7. The van der Waals surface area contributed by atoms with Crippen molar-refractivity contribution >= 4 is 0 Å². The van der Waals surface area contributed by atoms with Crippen LogP contribution in [0.5, 0.6) is 5.75 Å². The molecule has 0 bridgehead atoms. The number of hydrogen-bond donors (Lipinski definition) is 1. The third-order valence-corrected chi connectivity index (χ3v) is 3.17. The summed E-state index contributed by atoms with van der Waals surface area (Å²) in [6, 6.07) is 8.22. The average molecular weight is 205 g/mol. The molecule has 2 heteroatoms. The lowest BCUT2D eigenvalue weighted by molar-refractivity contribution is 0.227. The first kappa shape index (κ1) is 10.5. The molecule has 0 amide bonds. The molecule has 15 heavy (non-hydrogen) atoms. The highest BCUT2D eigenvalue weighted by atomic mass is 16.5. The Labute approximate surface area is 91.4 Å². The Morgan fingerprint density at radius 3 is 2.80 bits per heavy atom. The fourth-order valence-corrected chi connectivity index (χ4v) is 1.89. The molecule has 1 aromatic carbocycles. The summed E-state index contributed by atoms with van der Waals surface area (Å²) in [6.07, 6.45) is 3.64. The van der Waals surface area contributed by atoms with Gasteiger partial charge in [0, 0.05) is 5.41 Å². The number of rotatable bonds is 5. The minimum atomic E-state index is 0.401. The minimum absolute atomic E-state index is 0.401. The molecule has 0 unspecified atom stereocenters. The summed E-state index contributed by atoms with van der Waals surface area (Å²) >= 11 is 0. The van der Waals surface area contributed by atoms with E-state index in [2.05, 4.69) is 19.1 Å². The zero-order valence-corrected chi connectivity index (χ0v) is 9.33. The van der Waals surface area contributed by atoms with E-state index in [0.29, 0.717) is 5.41 Å². The average Bonchev–Trinajstić information content (AvgIpc) is 2.97. The highest BCUT2D eigenvalue weighted by Gasteiger charge is 2.42. The van der Waals surface area contributed by atoms with Crippen molar-refractivity contribution in [2.75, 3.05) is 13.2 Å². The van der Waals surface area contributed by atoms with Gasteiger partial charge >= 0.3 is 0 Å². The Morgan fingerprint density at radius 2 is 2.20 bits per heavy atom. The van der Waals surface area contributed by atoms with Crippen molar-refractivity contribution in [3.63, 3.8) is 0 Å². The molecule has 0 atom stereocenters. The van der Waals surface area contributed by atoms with Crippen LogP contribution in [0.4, 0.5) is 0 Å². The van der Waals surface area contributed by atoms with E-state index in [-0.39, 0.29) is 0 Å². The van der Waals surface area contributed by atoms with Gasteiger partial charge in [-0.05, 0) is 50.4 Å². The van der Waals surface area contributed by atoms with Crippen LogP contribution in [0.2, 0.25) is 0 Å². The molecule has 0 spiro atoms. The van der Waals surface area contributed by atoms with E-state index in [1.807, 2.05) is 12.1 Å². The number of hydrogen-bond acceptors (Lipinski definition) is 2. The lowest BCUT2D eigenvalue weighted by Crippen LogP contribution is -2.17. The lowest BCUT2D eigenvalue weighted by Gasteiger charge is -2.15. The van der Waals surface area contributed by atoms with Gasteiger partial charge in [0.1, 0.15) is 5.75 Å². The molecule has 1 aliphatic rings. The molecular formula is C13H19NO. The molecule has 2 rings (SSSR count). The smallest absolute Gasteiger partial charge is 0.119 e. The molecule has 1 fully saturated rings. The predicted molar refractivity (Wildman–Crippen MR) is 62.0 cm³/mol. The number of nitrogens with two attached hydrogens (primary N) is 1. The number of benzene rings is 1. The monoisotopic (exact) mass is 205 g/mol. The van der Waals surface area contributed by atoms with Gasteiger partial charge in [0.25, 0.3) is 0 Å².